The van der Waals surface area contributed by atoms with E-state index in [4.69, 9.17) is 4.74 Å². The average Bonchev–Trinajstić information content (AvgIpc) is 2.72. The minimum atomic E-state index is -0.317. The molecule has 0 aliphatic carbocycles. The number of β-amino-alcohol motifs (C(OH)–C–C–N with tert-alkyl or cyclic N) is 1. The van der Waals surface area contributed by atoms with Crippen LogP contribution in [0.3, 0.4) is 0 Å². The fourth-order valence-corrected chi connectivity index (χ4v) is 1.86. The molecule has 5 heteroatoms. The predicted octanol–water partition coefficient (Wildman–Crippen LogP) is -0.487. The molecule has 5 nitrogen and oxygen atoms in total. The van der Waals surface area contributed by atoms with Gasteiger partial charge in [0, 0.05) is 37.4 Å². The molecule has 0 saturated carbocycles. The first-order valence-corrected chi connectivity index (χ1v) is 5.41. The number of pyridine rings is 1. The molecule has 1 aromatic rings. The molecule has 0 unspecified atom stereocenters. The average molecular weight is 223 g/mol. The third-order valence-electron chi connectivity index (χ3n) is 2.78. The Balaban J connectivity index is 1.93. The van der Waals surface area contributed by atoms with Crippen molar-refractivity contribution in [3.05, 3.63) is 23.9 Å². The van der Waals surface area contributed by atoms with Crippen LogP contribution in [0.4, 0.5) is 0 Å². The van der Waals surface area contributed by atoms with E-state index < -0.39 is 0 Å². The van der Waals surface area contributed by atoms with E-state index in [0.717, 1.165) is 12.1 Å². The van der Waals surface area contributed by atoms with E-state index >= 15 is 0 Å². The van der Waals surface area contributed by atoms with Crippen LogP contribution in [0.2, 0.25) is 0 Å². The van der Waals surface area contributed by atoms with Crippen LogP contribution in [0.5, 0.6) is 5.88 Å². The summed E-state index contributed by atoms with van der Waals surface area (Å²) in [5.41, 5.74) is 1.00. The molecule has 0 bridgehead atoms. The van der Waals surface area contributed by atoms with Gasteiger partial charge in [-0.1, -0.05) is 6.07 Å². The maximum atomic E-state index is 9.62. The van der Waals surface area contributed by atoms with Crippen molar-refractivity contribution in [2.24, 2.45) is 0 Å². The zero-order valence-corrected chi connectivity index (χ0v) is 9.31. The number of aliphatic hydroxyl groups is 1. The Morgan fingerprint density at radius 3 is 3.19 bits per heavy atom. The van der Waals surface area contributed by atoms with Crippen molar-refractivity contribution in [3.63, 3.8) is 0 Å². The number of rotatable bonds is 4. The summed E-state index contributed by atoms with van der Waals surface area (Å²) in [6.07, 6.45) is 1.39. The molecule has 1 aliphatic rings. The van der Waals surface area contributed by atoms with Gasteiger partial charge in [-0.3, -0.25) is 0 Å². The minimum Gasteiger partial charge on any atom is -0.481 e. The summed E-state index contributed by atoms with van der Waals surface area (Å²) in [6, 6.07) is 3.95. The Kier molecular flexibility index (Phi) is 3.71. The van der Waals surface area contributed by atoms with E-state index in [9.17, 15) is 5.11 Å². The van der Waals surface area contributed by atoms with E-state index in [1.807, 2.05) is 12.1 Å². The molecule has 88 valence electrons. The number of ether oxygens (including phenoxy) is 1. The molecule has 2 rings (SSSR count). The van der Waals surface area contributed by atoms with Gasteiger partial charge in [0.05, 0.1) is 13.2 Å². The van der Waals surface area contributed by atoms with Crippen LogP contribution in [-0.2, 0) is 6.54 Å². The van der Waals surface area contributed by atoms with Crippen LogP contribution in [0, 0.1) is 0 Å². The fraction of sp³-hybridized carbons (Fsp3) is 0.545. The largest absolute Gasteiger partial charge is 0.481 e. The van der Waals surface area contributed by atoms with Gasteiger partial charge in [-0.05, 0) is 6.07 Å². The highest BCUT2D eigenvalue weighted by atomic mass is 16.5. The zero-order valence-electron chi connectivity index (χ0n) is 9.31. The molecule has 3 N–H and O–H groups in total. The number of nitrogens with one attached hydrogen (secondary N) is 2. The lowest BCUT2D eigenvalue weighted by Crippen LogP contribution is -2.38. The molecular formula is C11H17N3O2. The number of nitrogens with zero attached hydrogens (tertiary/aromatic N) is 1. The Morgan fingerprint density at radius 1 is 1.62 bits per heavy atom. The van der Waals surface area contributed by atoms with E-state index in [-0.39, 0.29) is 12.1 Å². The van der Waals surface area contributed by atoms with Gasteiger partial charge >= 0.3 is 0 Å². The van der Waals surface area contributed by atoms with Crippen LogP contribution in [-0.4, -0.2) is 42.4 Å². The minimum absolute atomic E-state index is 0.102. The lowest BCUT2D eigenvalue weighted by molar-refractivity contribution is 0.162. The summed E-state index contributed by atoms with van der Waals surface area (Å²) in [7, 11) is 1.61. The highest BCUT2D eigenvalue weighted by molar-refractivity contribution is 5.25. The van der Waals surface area contributed by atoms with Crippen LogP contribution in [0.25, 0.3) is 0 Å². The smallest absolute Gasteiger partial charge is 0.217 e. The highest BCUT2D eigenvalue weighted by Crippen LogP contribution is 2.13. The Morgan fingerprint density at radius 2 is 2.50 bits per heavy atom. The van der Waals surface area contributed by atoms with Gasteiger partial charge < -0.3 is 20.5 Å². The predicted molar refractivity (Wildman–Crippen MR) is 60.3 cm³/mol. The molecule has 1 fully saturated rings. The third-order valence-corrected chi connectivity index (χ3v) is 2.78. The van der Waals surface area contributed by atoms with Crippen molar-refractivity contribution in [1.29, 1.82) is 0 Å². The first kappa shape index (κ1) is 11.3. The zero-order chi connectivity index (χ0) is 11.4. The second-order valence-corrected chi connectivity index (χ2v) is 3.88. The van der Waals surface area contributed by atoms with Crippen molar-refractivity contribution in [2.45, 2.75) is 18.7 Å². The molecule has 1 aliphatic heterocycles. The summed E-state index contributed by atoms with van der Waals surface area (Å²) in [4.78, 5) is 4.12. The normalized spacial score (nSPS) is 24.6. The number of aromatic nitrogens is 1. The summed E-state index contributed by atoms with van der Waals surface area (Å²) in [5.74, 6) is 0.635. The van der Waals surface area contributed by atoms with Gasteiger partial charge in [-0.15, -0.1) is 0 Å². The molecule has 16 heavy (non-hydrogen) atoms. The summed E-state index contributed by atoms with van der Waals surface area (Å²) in [5, 5.41) is 16.0. The van der Waals surface area contributed by atoms with Crippen LogP contribution >= 0.6 is 0 Å². The van der Waals surface area contributed by atoms with Gasteiger partial charge in [-0.2, -0.15) is 0 Å². The highest BCUT2D eigenvalue weighted by Gasteiger charge is 2.24. The summed E-state index contributed by atoms with van der Waals surface area (Å²) < 4.78 is 5.16. The van der Waals surface area contributed by atoms with Gasteiger partial charge in [0.1, 0.15) is 0 Å². The molecular weight excluding hydrogens is 206 g/mol. The summed E-state index contributed by atoms with van der Waals surface area (Å²) in [6.45, 7) is 2.10. The van der Waals surface area contributed by atoms with Crippen LogP contribution in [0.15, 0.2) is 18.3 Å². The Hall–Kier alpha value is -1.17. The van der Waals surface area contributed by atoms with Crippen molar-refractivity contribution in [1.82, 2.24) is 15.6 Å². The van der Waals surface area contributed by atoms with Crippen LogP contribution in [0.1, 0.15) is 5.56 Å². The van der Waals surface area contributed by atoms with E-state index in [1.54, 1.807) is 13.3 Å². The van der Waals surface area contributed by atoms with Crippen molar-refractivity contribution in [2.75, 3.05) is 20.2 Å². The first-order valence-electron chi connectivity index (χ1n) is 5.41. The first-order chi connectivity index (χ1) is 7.81. The fourth-order valence-electron chi connectivity index (χ4n) is 1.86. The van der Waals surface area contributed by atoms with Crippen molar-refractivity contribution < 1.29 is 9.84 Å². The number of aliphatic hydroxyl groups excluding tert-OH is 1. The molecule has 1 saturated heterocycles. The molecule has 0 amide bonds. The Bertz CT molecular complexity index is 346. The van der Waals surface area contributed by atoms with Crippen LogP contribution < -0.4 is 15.4 Å². The molecule has 2 heterocycles. The molecule has 1 aromatic heterocycles. The standard InChI is InChI=1S/C11H17N3O2/c1-16-11-8(3-2-4-13-11)5-14-9-6-12-7-10(9)15/h2-4,9-10,12,14-15H,5-7H2,1H3/t9-,10-/m1/s1. The number of hydrogen-bond acceptors (Lipinski definition) is 5. The van der Waals surface area contributed by atoms with Gasteiger partial charge in [0.15, 0.2) is 0 Å². The summed E-state index contributed by atoms with van der Waals surface area (Å²) >= 11 is 0. The molecule has 0 aromatic carbocycles. The van der Waals surface area contributed by atoms with Gasteiger partial charge in [0.25, 0.3) is 0 Å². The number of methoxy groups -OCH3 is 1. The van der Waals surface area contributed by atoms with Crippen molar-refractivity contribution >= 4 is 0 Å². The van der Waals surface area contributed by atoms with E-state index in [1.165, 1.54) is 0 Å². The topological polar surface area (TPSA) is 66.4 Å². The third kappa shape index (κ3) is 2.49. The maximum Gasteiger partial charge on any atom is 0.217 e. The van der Waals surface area contributed by atoms with E-state index in [0.29, 0.717) is 19.0 Å². The second-order valence-electron chi connectivity index (χ2n) is 3.88. The van der Waals surface area contributed by atoms with Crippen molar-refractivity contribution in [3.8, 4) is 5.88 Å². The lowest BCUT2D eigenvalue weighted by atomic mass is 10.2. The monoisotopic (exact) mass is 223 g/mol. The molecule has 0 radical (unpaired) electrons. The second kappa shape index (κ2) is 5.25. The SMILES string of the molecule is COc1ncccc1CN[C@@H]1CNC[C@H]1O. The Labute approximate surface area is 94.8 Å². The van der Waals surface area contributed by atoms with Gasteiger partial charge in [-0.25, -0.2) is 4.98 Å². The molecule has 0 spiro atoms. The maximum absolute atomic E-state index is 9.62. The molecule has 2 atom stereocenters. The lowest BCUT2D eigenvalue weighted by Gasteiger charge is -2.16. The number of hydrogen-bond donors (Lipinski definition) is 3. The van der Waals surface area contributed by atoms with E-state index in [2.05, 4.69) is 15.6 Å². The quantitative estimate of drug-likeness (QED) is 0.643. The van der Waals surface area contributed by atoms with Gasteiger partial charge in [0.2, 0.25) is 5.88 Å².